The number of H-pyrrole nitrogens is 1. The van der Waals surface area contributed by atoms with Gasteiger partial charge in [-0.15, -0.1) is 10.2 Å². The predicted octanol–water partition coefficient (Wildman–Crippen LogP) is 0.984. The molecular weight excluding hydrogens is 246 g/mol. The summed E-state index contributed by atoms with van der Waals surface area (Å²) in [5.41, 5.74) is 1.57. The molecule has 1 amide bonds. The molecule has 1 aliphatic rings. The second kappa shape index (κ2) is 5.15. The number of aromatic amines is 1. The number of rotatable bonds is 3. The zero-order valence-electron chi connectivity index (χ0n) is 10.2. The van der Waals surface area contributed by atoms with Crippen molar-refractivity contribution in [3.63, 3.8) is 0 Å². The molecule has 1 atom stereocenters. The molecule has 2 aromatic rings. The lowest BCUT2D eigenvalue weighted by Crippen LogP contribution is -2.26. The van der Waals surface area contributed by atoms with Gasteiger partial charge in [0.05, 0.1) is 0 Å². The highest BCUT2D eigenvalue weighted by molar-refractivity contribution is 5.94. The smallest absolute Gasteiger partial charge is 0.253 e. The summed E-state index contributed by atoms with van der Waals surface area (Å²) in [7, 11) is 0. The number of tetrazole rings is 1. The molecule has 0 spiro atoms. The van der Waals surface area contributed by atoms with Crippen LogP contribution in [0, 0.1) is 0 Å². The van der Waals surface area contributed by atoms with E-state index in [0.717, 1.165) is 24.1 Å². The molecule has 0 aliphatic carbocycles. The Hall–Kier alpha value is -2.28. The van der Waals surface area contributed by atoms with Crippen molar-refractivity contribution in [2.75, 3.05) is 11.9 Å². The van der Waals surface area contributed by atoms with Gasteiger partial charge in [-0.25, -0.2) is 0 Å². The molecule has 0 radical (unpaired) electrons. The number of anilines is 1. The molecule has 98 valence electrons. The molecule has 19 heavy (non-hydrogen) atoms. The molecule has 7 heteroatoms. The summed E-state index contributed by atoms with van der Waals surface area (Å²) in [4.78, 5) is 11.9. The van der Waals surface area contributed by atoms with Crippen molar-refractivity contribution in [1.29, 1.82) is 0 Å². The van der Waals surface area contributed by atoms with E-state index in [2.05, 4.69) is 25.9 Å². The maximum Gasteiger partial charge on any atom is 0.253 e. The van der Waals surface area contributed by atoms with Gasteiger partial charge in [-0.1, -0.05) is 0 Å². The molecular formula is C12H13N5O2. The van der Waals surface area contributed by atoms with Gasteiger partial charge in [-0.05, 0) is 42.3 Å². The Morgan fingerprint density at radius 3 is 2.84 bits per heavy atom. The SMILES string of the molecule is O=C(Nc1ccc(-c2nn[nH]n2)cc1)C1CCCO1. The number of amides is 1. The Balaban J connectivity index is 1.67. The van der Waals surface area contributed by atoms with Crippen LogP contribution in [0.2, 0.25) is 0 Å². The predicted molar refractivity (Wildman–Crippen MR) is 67.2 cm³/mol. The number of aromatic nitrogens is 4. The fraction of sp³-hybridized carbons (Fsp3) is 0.333. The third kappa shape index (κ3) is 2.60. The molecule has 1 fully saturated rings. The third-order valence-electron chi connectivity index (χ3n) is 2.98. The fourth-order valence-electron chi connectivity index (χ4n) is 1.99. The maximum absolute atomic E-state index is 11.9. The number of carbonyl (C=O) groups excluding carboxylic acids is 1. The molecule has 2 N–H and O–H groups in total. The molecule has 2 heterocycles. The molecule has 1 aromatic carbocycles. The molecule has 0 saturated carbocycles. The lowest BCUT2D eigenvalue weighted by molar-refractivity contribution is -0.124. The first-order chi connectivity index (χ1) is 9.33. The Kier molecular flexibility index (Phi) is 3.20. The van der Waals surface area contributed by atoms with Crippen LogP contribution in [0.15, 0.2) is 24.3 Å². The number of carbonyl (C=O) groups is 1. The van der Waals surface area contributed by atoms with E-state index in [-0.39, 0.29) is 12.0 Å². The highest BCUT2D eigenvalue weighted by atomic mass is 16.5. The number of hydrogen-bond donors (Lipinski definition) is 2. The standard InChI is InChI=1S/C12H13N5O2/c18-12(10-2-1-7-19-10)13-9-5-3-8(4-6-9)11-14-16-17-15-11/h3-6,10H,1-2,7H2,(H,13,18)(H,14,15,16,17). The molecule has 3 rings (SSSR count). The second-order valence-corrected chi connectivity index (χ2v) is 4.30. The van der Waals surface area contributed by atoms with Crippen LogP contribution in [0.4, 0.5) is 5.69 Å². The van der Waals surface area contributed by atoms with Crippen LogP contribution in [0.3, 0.4) is 0 Å². The van der Waals surface area contributed by atoms with Crippen LogP contribution in [-0.4, -0.2) is 39.2 Å². The van der Waals surface area contributed by atoms with Gasteiger partial charge in [0.25, 0.3) is 5.91 Å². The van der Waals surface area contributed by atoms with E-state index in [4.69, 9.17) is 4.74 Å². The summed E-state index contributed by atoms with van der Waals surface area (Å²) in [5.74, 6) is 0.432. The van der Waals surface area contributed by atoms with Crippen molar-refractivity contribution in [3.05, 3.63) is 24.3 Å². The van der Waals surface area contributed by atoms with E-state index < -0.39 is 0 Å². The van der Waals surface area contributed by atoms with Crippen LogP contribution < -0.4 is 5.32 Å². The van der Waals surface area contributed by atoms with Crippen LogP contribution in [-0.2, 0) is 9.53 Å². The number of nitrogens with zero attached hydrogens (tertiary/aromatic N) is 3. The zero-order chi connectivity index (χ0) is 13.1. The van der Waals surface area contributed by atoms with Gasteiger partial charge in [-0.2, -0.15) is 5.21 Å². The third-order valence-corrected chi connectivity index (χ3v) is 2.98. The van der Waals surface area contributed by atoms with Crippen LogP contribution in [0.1, 0.15) is 12.8 Å². The molecule has 1 unspecified atom stereocenters. The molecule has 0 bridgehead atoms. The first-order valence-corrected chi connectivity index (χ1v) is 6.09. The number of nitrogens with one attached hydrogen (secondary N) is 2. The minimum atomic E-state index is -0.322. The van der Waals surface area contributed by atoms with Crippen molar-refractivity contribution in [2.24, 2.45) is 0 Å². The Morgan fingerprint density at radius 1 is 1.37 bits per heavy atom. The topological polar surface area (TPSA) is 92.8 Å². The minimum Gasteiger partial charge on any atom is -0.368 e. The lowest BCUT2D eigenvalue weighted by atomic mass is 10.2. The monoisotopic (exact) mass is 259 g/mol. The maximum atomic E-state index is 11.9. The van der Waals surface area contributed by atoms with E-state index in [9.17, 15) is 4.79 Å². The summed E-state index contributed by atoms with van der Waals surface area (Å²) in [5, 5.41) is 16.5. The molecule has 1 saturated heterocycles. The largest absolute Gasteiger partial charge is 0.368 e. The van der Waals surface area contributed by atoms with Gasteiger partial charge in [0.1, 0.15) is 6.10 Å². The van der Waals surface area contributed by atoms with Crippen molar-refractivity contribution >= 4 is 11.6 Å². The first-order valence-electron chi connectivity index (χ1n) is 6.09. The van der Waals surface area contributed by atoms with E-state index in [1.807, 2.05) is 12.1 Å². The second-order valence-electron chi connectivity index (χ2n) is 4.30. The molecule has 1 aromatic heterocycles. The molecule has 7 nitrogen and oxygen atoms in total. The number of ether oxygens (including phenoxy) is 1. The van der Waals surface area contributed by atoms with Crippen molar-refractivity contribution in [1.82, 2.24) is 20.6 Å². The number of hydrogen-bond acceptors (Lipinski definition) is 5. The van der Waals surface area contributed by atoms with Crippen LogP contribution in [0.25, 0.3) is 11.4 Å². The summed E-state index contributed by atoms with van der Waals surface area (Å²) >= 11 is 0. The average molecular weight is 259 g/mol. The van der Waals surface area contributed by atoms with Crippen molar-refractivity contribution in [2.45, 2.75) is 18.9 Å². The van der Waals surface area contributed by atoms with Crippen LogP contribution >= 0.6 is 0 Å². The highest BCUT2D eigenvalue weighted by Gasteiger charge is 2.23. The molecule has 1 aliphatic heterocycles. The van der Waals surface area contributed by atoms with Gasteiger partial charge >= 0.3 is 0 Å². The summed E-state index contributed by atoms with van der Waals surface area (Å²) in [6, 6.07) is 7.27. The Labute approximate surface area is 109 Å². The Bertz CT molecular complexity index is 546. The first kappa shape index (κ1) is 11.8. The van der Waals surface area contributed by atoms with E-state index in [1.165, 1.54) is 0 Å². The Morgan fingerprint density at radius 2 is 2.21 bits per heavy atom. The summed E-state index contributed by atoms with van der Waals surface area (Å²) < 4.78 is 5.33. The minimum absolute atomic E-state index is 0.0928. The zero-order valence-corrected chi connectivity index (χ0v) is 10.2. The van der Waals surface area contributed by atoms with Crippen molar-refractivity contribution < 1.29 is 9.53 Å². The van der Waals surface area contributed by atoms with Crippen LogP contribution in [0.5, 0.6) is 0 Å². The number of benzene rings is 1. The normalized spacial score (nSPS) is 18.4. The fourth-order valence-corrected chi connectivity index (χ4v) is 1.99. The van der Waals surface area contributed by atoms with E-state index in [1.54, 1.807) is 12.1 Å². The highest BCUT2D eigenvalue weighted by Crippen LogP contribution is 2.18. The summed E-state index contributed by atoms with van der Waals surface area (Å²) in [6.07, 6.45) is 1.40. The van der Waals surface area contributed by atoms with Gasteiger partial charge in [-0.3, -0.25) is 4.79 Å². The quantitative estimate of drug-likeness (QED) is 0.857. The van der Waals surface area contributed by atoms with Gasteiger partial charge in [0.15, 0.2) is 0 Å². The summed E-state index contributed by atoms with van der Waals surface area (Å²) in [6.45, 7) is 0.662. The lowest BCUT2D eigenvalue weighted by Gasteiger charge is -2.10. The van der Waals surface area contributed by atoms with E-state index in [0.29, 0.717) is 12.4 Å². The van der Waals surface area contributed by atoms with Gasteiger partial charge < -0.3 is 10.1 Å². The van der Waals surface area contributed by atoms with Crippen molar-refractivity contribution in [3.8, 4) is 11.4 Å². The van der Waals surface area contributed by atoms with E-state index >= 15 is 0 Å². The average Bonchev–Trinajstić information content (AvgIpc) is 3.13. The van der Waals surface area contributed by atoms with Gasteiger partial charge in [0.2, 0.25) is 5.82 Å². The van der Waals surface area contributed by atoms with Gasteiger partial charge in [0, 0.05) is 17.9 Å².